The number of carbonyl (C=O) groups is 1. The number of halogens is 1. The highest BCUT2D eigenvalue weighted by Crippen LogP contribution is 2.27. The minimum Gasteiger partial charge on any atom is -0.350 e. The van der Waals surface area contributed by atoms with Gasteiger partial charge in [-0.05, 0) is 36.6 Å². The van der Waals surface area contributed by atoms with E-state index < -0.39 is 0 Å². The summed E-state index contributed by atoms with van der Waals surface area (Å²) in [4.78, 5) is 14.6. The van der Waals surface area contributed by atoms with E-state index in [4.69, 9.17) is 0 Å². The van der Waals surface area contributed by atoms with Gasteiger partial charge in [-0.3, -0.25) is 4.79 Å². The Morgan fingerprint density at radius 1 is 1.38 bits per heavy atom. The zero-order valence-electron chi connectivity index (χ0n) is 8.86. The van der Waals surface area contributed by atoms with Crippen LogP contribution in [-0.4, -0.2) is 17.4 Å². The van der Waals surface area contributed by atoms with Crippen molar-refractivity contribution in [3.05, 3.63) is 34.8 Å². The lowest BCUT2D eigenvalue weighted by molar-refractivity contribution is 0.0942. The molecule has 0 saturated heterocycles. The molecule has 3 rings (SSSR count). The van der Waals surface area contributed by atoms with E-state index in [1.54, 1.807) is 13.0 Å². The molecule has 0 spiro atoms. The SMILES string of the molecule is Cc1cc2c3c([nH]c2cc1F)C(=O)NCC3. The summed E-state index contributed by atoms with van der Waals surface area (Å²) in [6.45, 7) is 2.38. The molecule has 0 aliphatic carbocycles. The second kappa shape index (κ2) is 3.07. The molecule has 1 aliphatic rings. The number of aromatic amines is 1. The van der Waals surface area contributed by atoms with Gasteiger partial charge in [-0.2, -0.15) is 0 Å². The molecule has 16 heavy (non-hydrogen) atoms. The standard InChI is InChI=1S/C12H11FN2O/c1-6-4-8-7-2-3-14-12(16)11(7)15-10(8)5-9(6)13/h4-5,15H,2-3H2,1H3,(H,14,16). The number of aromatic nitrogens is 1. The van der Waals surface area contributed by atoms with Crippen LogP contribution in [-0.2, 0) is 6.42 Å². The average molecular weight is 218 g/mol. The lowest BCUT2D eigenvalue weighted by Crippen LogP contribution is -2.31. The van der Waals surface area contributed by atoms with E-state index in [1.807, 2.05) is 0 Å². The molecule has 1 amide bonds. The molecule has 3 nitrogen and oxygen atoms in total. The molecule has 2 N–H and O–H groups in total. The van der Waals surface area contributed by atoms with Crippen molar-refractivity contribution in [3.63, 3.8) is 0 Å². The van der Waals surface area contributed by atoms with Crippen molar-refractivity contribution in [1.82, 2.24) is 10.3 Å². The van der Waals surface area contributed by atoms with Crippen molar-refractivity contribution >= 4 is 16.8 Å². The molecular formula is C12H11FN2O. The number of nitrogens with one attached hydrogen (secondary N) is 2. The highest BCUT2D eigenvalue weighted by Gasteiger charge is 2.21. The second-order valence-corrected chi connectivity index (χ2v) is 4.13. The minimum atomic E-state index is -0.244. The summed E-state index contributed by atoms with van der Waals surface area (Å²) in [6.07, 6.45) is 0.798. The largest absolute Gasteiger partial charge is 0.350 e. The molecule has 0 atom stereocenters. The van der Waals surface area contributed by atoms with Gasteiger partial charge in [0.2, 0.25) is 0 Å². The average Bonchev–Trinajstić information content (AvgIpc) is 2.59. The van der Waals surface area contributed by atoms with E-state index in [9.17, 15) is 9.18 Å². The summed E-state index contributed by atoms with van der Waals surface area (Å²) in [5.74, 6) is -0.345. The van der Waals surface area contributed by atoms with Gasteiger partial charge in [0, 0.05) is 17.4 Å². The van der Waals surface area contributed by atoms with Gasteiger partial charge in [-0.15, -0.1) is 0 Å². The Bertz CT molecular complexity index is 601. The van der Waals surface area contributed by atoms with Crippen LogP contribution in [0.1, 0.15) is 21.6 Å². The molecule has 0 bridgehead atoms. The highest BCUT2D eigenvalue weighted by atomic mass is 19.1. The first kappa shape index (κ1) is 9.39. The first-order valence-electron chi connectivity index (χ1n) is 5.25. The molecule has 0 fully saturated rings. The summed E-state index contributed by atoms with van der Waals surface area (Å²) in [6, 6.07) is 3.26. The van der Waals surface area contributed by atoms with E-state index in [0.717, 1.165) is 17.4 Å². The van der Waals surface area contributed by atoms with Crippen LogP contribution in [0.5, 0.6) is 0 Å². The van der Waals surface area contributed by atoms with Crippen LogP contribution in [0, 0.1) is 12.7 Å². The maximum absolute atomic E-state index is 13.4. The Morgan fingerprint density at radius 2 is 2.19 bits per heavy atom. The third kappa shape index (κ3) is 1.16. The van der Waals surface area contributed by atoms with Gasteiger partial charge in [0.15, 0.2) is 0 Å². The number of H-pyrrole nitrogens is 1. The van der Waals surface area contributed by atoms with Gasteiger partial charge in [0.05, 0.1) is 0 Å². The van der Waals surface area contributed by atoms with Crippen LogP contribution in [0.25, 0.3) is 10.9 Å². The molecule has 1 aliphatic heterocycles. The summed E-state index contributed by atoms with van der Waals surface area (Å²) >= 11 is 0. The van der Waals surface area contributed by atoms with Gasteiger partial charge in [0.1, 0.15) is 11.5 Å². The molecule has 0 saturated carbocycles. The molecule has 0 unspecified atom stereocenters. The normalized spacial score (nSPS) is 15.0. The Morgan fingerprint density at radius 3 is 3.00 bits per heavy atom. The van der Waals surface area contributed by atoms with Crippen molar-refractivity contribution < 1.29 is 9.18 Å². The Kier molecular flexibility index (Phi) is 1.80. The van der Waals surface area contributed by atoms with Crippen LogP contribution < -0.4 is 5.32 Å². The zero-order chi connectivity index (χ0) is 11.3. The molecule has 82 valence electrons. The van der Waals surface area contributed by atoms with E-state index >= 15 is 0 Å². The van der Waals surface area contributed by atoms with Crippen LogP contribution in [0.3, 0.4) is 0 Å². The molecule has 4 heteroatoms. The van der Waals surface area contributed by atoms with Gasteiger partial charge in [0.25, 0.3) is 5.91 Å². The van der Waals surface area contributed by atoms with Crippen LogP contribution in [0.15, 0.2) is 12.1 Å². The van der Waals surface area contributed by atoms with E-state index in [2.05, 4.69) is 10.3 Å². The Balaban J connectivity index is 2.36. The Labute approximate surface area is 91.7 Å². The predicted molar refractivity (Wildman–Crippen MR) is 59.0 cm³/mol. The van der Waals surface area contributed by atoms with E-state index in [-0.39, 0.29) is 11.7 Å². The summed E-state index contributed by atoms with van der Waals surface area (Å²) in [5, 5.41) is 3.73. The fourth-order valence-corrected chi connectivity index (χ4v) is 2.22. The van der Waals surface area contributed by atoms with Crippen LogP contribution >= 0.6 is 0 Å². The number of aryl methyl sites for hydroxylation is 1. The Hall–Kier alpha value is -1.84. The topological polar surface area (TPSA) is 44.9 Å². The van der Waals surface area contributed by atoms with Gasteiger partial charge in [-0.1, -0.05) is 0 Å². The number of carbonyl (C=O) groups excluding carboxylic acids is 1. The van der Waals surface area contributed by atoms with Gasteiger partial charge in [-0.25, -0.2) is 4.39 Å². The van der Waals surface area contributed by atoms with Gasteiger partial charge < -0.3 is 10.3 Å². The number of hydrogen-bond acceptors (Lipinski definition) is 1. The van der Waals surface area contributed by atoms with E-state index in [0.29, 0.717) is 23.3 Å². The summed E-state index contributed by atoms with van der Waals surface area (Å²) in [5.41, 5.74) is 2.89. The first-order valence-corrected chi connectivity index (χ1v) is 5.25. The maximum atomic E-state index is 13.4. The molecule has 1 aromatic heterocycles. The summed E-state index contributed by atoms with van der Waals surface area (Å²) in [7, 11) is 0. The highest BCUT2D eigenvalue weighted by molar-refractivity contribution is 6.02. The predicted octanol–water partition coefficient (Wildman–Crippen LogP) is 1.90. The molecular weight excluding hydrogens is 207 g/mol. The zero-order valence-corrected chi connectivity index (χ0v) is 8.86. The fraction of sp³-hybridized carbons (Fsp3) is 0.250. The summed E-state index contributed by atoms with van der Waals surface area (Å²) < 4.78 is 13.4. The van der Waals surface area contributed by atoms with Gasteiger partial charge >= 0.3 is 0 Å². The monoisotopic (exact) mass is 218 g/mol. The maximum Gasteiger partial charge on any atom is 0.268 e. The second-order valence-electron chi connectivity index (χ2n) is 4.13. The van der Waals surface area contributed by atoms with E-state index in [1.165, 1.54) is 6.07 Å². The lowest BCUT2D eigenvalue weighted by atomic mass is 10.0. The minimum absolute atomic E-state index is 0.101. The van der Waals surface area contributed by atoms with Crippen LogP contribution in [0.2, 0.25) is 0 Å². The fourth-order valence-electron chi connectivity index (χ4n) is 2.22. The number of amides is 1. The number of benzene rings is 1. The van der Waals surface area contributed by atoms with Crippen molar-refractivity contribution in [2.24, 2.45) is 0 Å². The molecule has 2 heterocycles. The number of hydrogen-bond donors (Lipinski definition) is 2. The van der Waals surface area contributed by atoms with Crippen LogP contribution in [0.4, 0.5) is 4.39 Å². The third-order valence-corrected chi connectivity index (χ3v) is 3.07. The molecule has 2 aromatic rings. The van der Waals surface area contributed by atoms with Crippen molar-refractivity contribution in [1.29, 1.82) is 0 Å². The number of fused-ring (bicyclic) bond motifs is 3. The molecule has 0 radical (unpaired) electrons. The molecule has 1 aromatic carbocycles. The first-order chi connectivity index (χ1) is 7.66. The lowest BCUT2D eigenvalue weighted by Gasteiger charge is -2.11. The van der Waals surface area contributed by atoms with Crippen molar-refractivity contribution in [3.8, 4) is 0 Å². The van der Waals surface area contributed by atoms with Crippen molar-refractivity contribution in [2.45, 2.75) is 13.3 Å². The number of rotatable bonds is 0. The smallest absolute Gasteiger partial charge is 0.268 e. The quantitative estimate of drug-likeness (QED) is 0.697. The third-order valence-electron chi connectivity index (χ3n) is 3.07. The van der Waals surface area contributed by atoms with Crippen molar-refractivity contribution in [2.75, 3.05) is 6.54 Å².